The molecule has 9 nitrogen and oxygen atoms in total. The number of nitrogens with zero attached hydrogens (tertiary/aromatic N) is 3. The highest BCUT2D eigenvalue weighted by molar-refractivity contribution is 8.14. The molecule has 0 fully saturated rings. The molecule has 0 radical (unpaired) electrons. The van der Waals surface area contributed by atoms with Gasteiger partial charge in [-0.1, -0.05) is 66.4 Å². The Morgan fingerprint density at radius 1 is 0.950 bits per heavy atom. The summed E-state index contributed by atoms with van der Waals surface area (Å²) in [5.41, 5.74) is 3.14. The van der Waals surface area contributed by atoms with Gasteiger partial charge in [-0.15, -0.1) is 0 Å². The molecule has 0 spiro atoms. The molecule has 5 rings (SSSR count). The van der Waals surface area contributed by atoms with Crippen molar-refractivity contribution in [1.29, 1.82) is 0 Å². The van der Waals surface area contributed by atoms with E-state index in [1.165, 1.54) is 11.8 Å². The van der Waals surface area contributed by atoms with Crippen molar-refractivity contribution in [2.75, 3.05) is 24.7 Å². The highest BCUT2D eigenvalue weighted by atomic mass is 32.2. The van der Waals surface area contributed by atoms with E-state index >= 15 is 0 Å². The van der Waals surface area contributed by atoms with Crippen LogP contribution in [0.5, 0.6) is 5.75 Å². The fourth-order valence-corrected chi connectivity index (χ4v) is 5.44. The predicted octanol–water partition coefficient (Wildman–Crippen LogP) is 4.16. The van der Waals surface area contributed by atoms with Crippen LogP contribution in [-0.2, 0) is 20.8 Å². The number of amidine groups is 2. The lowest BCUT2D eigenvalue weighted by Gasteiger charge is -2.31. The van der Waals surface area contributed by atoms with E-state index in [4.69, 9.17) is 9.73 Å². The zero-order chi connectivity index (χ0) is 27.9. The molecule has 204 valence electrons. The molecule has 3 amide bonds. The minimum atomic E-state index is -0.674. The number of thioether (sulfide) groups is 1. The van der Waals surface area contributed by atoms with Gasteiger partial charge in [0, 0.05) is 18.5 Å². The fourth-order valence-electron chi connectivity index (χ4n) is 4.59. The average Bonchev–Trinajstić information content (AvgIpc) is 3.31. The summed E-state index contributed by atoms with van der Waals surface area (Å²) in [6.07, 6.45) is 1.17. The van der Waals surface area contributed by atoms with E-state index in [9.17, 15) is 14.4 Å². The molecule has 0 saturated carbocycles. The van der Waals surface area contributed by atoms with E-state index < -0.39 is 6.04 Å². The third-order valence-corrected chi connectivity index (χ3v) is 7.50. The maximum atomic E-state index is 13.0. The molecular weight excluding hydrogens is 526 g/mol. The average molecular weight is 556 g/mol. The Morgan fingerprint density at radius 3 is 2.52 bits per heavy atom. The molecule has 2 aliphatic rings. The largest absolute Gasteiger partial charge is 0.495 e. The van der Waals surface area contributed by atoms with Crippen LogP contribution in [0.4, 0.5) is 11.4 Å². The number of amides is 3. The summed E-state index contributed by atoms with van der Waals surface area (Å²) in [5.74, 6) is 0.426. The van der Waals surface area contributed by atoms with E-state index in [0.717, 1.165) is 17.5 Å². The van der Waals surface area contributed by atoms with E-state index in [0.29, 0.717) is 34.7 Å². The lowest BCUT2D eigenvalue weighted by Crippen LogP contribution is -2.44. The van der Waals surface area contributed by atoms with Crippen LogP contribution in [0, 0.1) is 0 Å². The summed E-state index contributed by atoms with van der Waals surface area (Å²) >= 11 is 1.22. The Labute approximate surface area is 236 Å². The van der Waals surface area contributed by atoms with Crippen molar-refractivity contribution in [3.05, 3.63) is 90.0 Å². The number of anilines is 1. The molecule has 2 aliphatic heterocycles. The maximum absolute atomic E-state index is 13.0. The van der Waals surface area contributed by atoms with Crippen LogP contribution in [0.1, 0.15) is 24.0 Å². The topological polar surface area (TPSA) is 112 Å². The van der Waals surface area contributed by atoms with E-state index in [1.54, 1.807) is 24.1 Å². The second-order valence-corrected chi connectivity index (χ2v) is 10.2. The number of hydrogen-bond donors (Lipinski definition) is 2. The third-order valence-electron chi connectivity index (χ3n) is 6.55. The molecule has 3 aromatic rings. The van der Waals surface area contributed by atoms with Gasteiger partial charge in [-0.2, -0.15) is 4.99 Å². The normalized spacial score (nSPS) is 15.5. The summed E-state index contributed by atoms with van der Waals surface area (Å²) in [6.45, 7) is 0.518. The minimum Gasteiger partial charge on any atom is -0.495 e. The molecule has 1 atom stereocenters. The second-order valence-electron chi connectivity index (χ2n) is 9.23. The molecule has 0 aromatic heterocycles. The number of hydrogen-bond acceptors (Lipinski definition) is 7. The van der Waals surface area contributed by atoms with E-state index in [2.05, 4.69) is 15.6 Å². The smallest absolute Gasteiger partial charge is 0.270 e. The Balaban J connectivity index is 1.24. The van der Waals surface area contributed by atoms with Crippen LogP contribution in [0.2, 0.25) is 0 Å². The van der Waals surface area contributed by atoms with Gasteiger partial charge in [0.25, 0.3) is 5.91 Å². The third kappa shape index (κ3) is 6.23. The Bertz CT molecular complexity index is 1470. The van der Waals surface area contributed by atoms with Gasteiger partial charge in [0.15, 0.2) is 5.17 Å². The highest BCUT2D eigenvalue weighted by Gasteiger charge is 2.41. The van der Waals surface area contributed by atoms with Gasteiger partial charge in [-0.3, -0.25) is 19.3 Å². The van der Waals surface area contributed by atoms with Crippen LogP contribution in [-0.4, -0.2) is 59.1 Å². The van der Waals surface area contributed by atoms with Crippen molar-refractivity contribution in [3.63, 3.8) is 0 Å². The van der Waals surface area contributed by atoms with E-state index in [1.807, 2.05) is 66.7 Å². The first-order valence-electron chi connectivity index (χ1n) is 13.0. The first kappa shape index (κ1) is 27.1. The van der Waals surface area contributed by atoms with Crippen molar-refractivity contribution in [1.82, 2.24) is 10.2 Å². The number of carbonyl (C=O) groups is 3. The van der Waals surface area contributed by atoms with Crippen molar-refractivity contribution < 1.29 is 19.1 Å². The van der Waals surface area contributed by atoms with Gasteiger partial charge in [-0.05, 0) is 42.7 Å². The van der Waals surface area contributed by atoms with Crippen molar-refractivity contribution in [2.45, 2.75) is 25.3 Å². The number of methoxy groups -OCH3 is 1. The lowest BCUT2D eigenvalue weighted by molar-refractivity contribution is -0.122. The number of fused-ring (bicyclic) bond motifs is 3. The van der Waals surface area contributed by atoms with E-state index in [-0.39, 0.29) is 36.3 Å². The molecule has 10 heteroatoms. The Kier molecular flexibility index (Phi) is 8.56. The summed E-state index contributed by atoms with van der Waals surface area (Å²) in [4.78, 5) is 49.3. The van der Waals surface area contributed by atoms with Crippen LogP contribution in [0.15, 0.2) is 88.8 Å². The van der Waals surface area contributed by atoms with Crippen LogP contribution >= 0.6 is 11.8 Å². The van der Waals surface area contributed by atoms with Gasteiger partial charge in [-0.25, -0.2) is 4.99 Å². The summed E-state index contributed by atoms with van der Waals surface area (Å²) in [6, 6.07) is 23.9. The number of nitrogens with one attached hydrogen (secondary N) is 2. The van der Waals surface area contributed by atoms with Gasteiger partial charge >= 0.3 is 0 Å². The van der Waals surface area contributed by atoms with Gasteiger partial charge in [0.05, 0.1) is 24.2 Å². The predicted molar refractivity (Wildman–Crippen MR) is 157 cm³/mol. The lowest BCUT2D eigenvalue weighted by atomic mass is 10.1. The molecule has 2 N–H and O–H groups in total. The monoisotopic (exact) mass is 555 g/mol. The molecule has 0 saturated heterocycles. The van der Waals surface area contributed by atoms with Crippen LogP contribution in [0.3, 0.4) is 0 Å². The summed E-state index contributed by atoms with van der Waals surface area (Å²) in [7, 11) is 1.54. The maximum Gasteiger partial charge on any atom is 0.270 e. The quantitative estimate of drug-likeness (QED) is 0.389. The van der Waals surface area contributed by atoms with Gasteiger partial charge < -0.3 is 15.4 Å². The molecule has 1 unspecified atom stereocenters. The van der Waals surface area contributed by atoms with Crippen molar-refractivity contribution in [2.24, 2.45) is 9.98 Å². The molecule has 0 bridgehead atoms. The first-order chi connectivity index (χ1) is 19.5. The summed E-state index contributed by atoms with van der Waals surface area (Å²) < 4.78 is 5.32. The fraction of sp³-hybridized carbons (Fsp3) is 0.233. The van der Waals surface area contributed by atoms with Gasteiger partial charge in [0.1, 0.15) is 17.6 Å². The molecular formula is C30H29N5O4S. The first-order valence-corrected chi connectivity index (χ1v) is 14.0. The Morgan fingerprint density at radius 2 is 1.70 bits per heavy atom. The number of carbonyl (C=O) groups excluding carboxylic acids is 3. The van der Waals surface area contributed by atoms with Gasteiger partial charge in [0.2, 0.25) is 11.8 Å². The molecule has 0 aliphatic carbocycles. The SMILES string of the molecule is COc1ccccc1NC(=O)CSC1=Nc2ccccc2C2=NC(=O)C(CCC(=O)NCCc3ccccc3)N12. The van der Waals surface area contributed by atoms with Crippen molar-refractivity contribution in [3.8, 4) is 5.75 Å². The second kappa shape index (κ2) is 12.6. The number of benzene rings is 3. The van der Waals surface area contributed by atoms with Crippen molar-refractivity contribution >= 4 is 51.9 Å². The van der Waals surface area contributed by atoms with Crippen LogP contribution in [0.25, 0.3) is 0 Å². The number of ether oxygens (including phenoxy) is 1. The molecule has 3 aromatic carbocycles. The molecule has 40 heavy (non-hydrogen) atoms. The number of para-hydroxylation sites is 3. The standard InChI is InChI=1S/C30H29N5O4S/c1-39-25-14-8-7-13-23(25)32-27(37)19-40-30-33-22-12-6-5-11-21(22)28-34-29(38)24(35(28)30)15-16-26(36)31-18-17-20-9-3-2-4-10-20/h2-14,24H,15-19H2,1H3,(H,31,36)(H,32,37). The summed E-state index contributed by atoms with van der Waals surface area (Å²) in [5, 5.41) is 6.29. The Hall–Kier alpha value is -4.44. The minimum absolute atomic E-state index is 0.0592. The number of rotatable bonds is 10. The number of aliphatic imine (C=N–C) groups is 2. The zero-order valence-corrected chi connectivity index (χ0v) is 22.8. The van der Waals surface area contributed by atoms with Crippen LogP contribution < -0.4 is 15.4 Å². The molecule has 2 heterocycles. The highest BCUT2D eigenvalue weighted by Crippen LogP contribution is 2.35. The zero-order valence-electron chi connectivity index (χ0n) is 22.0.